The molecule has 1 N–H and O–H groups in total. The number of methoxy groups -OCH3 is 1. The third kappa shape index (κ3) is 6.29. The van der Waals surface area contributed by atoms with Gasteiger partial charge in [0.2, 0.25) is 5.91 Å². The highest BCUT2D eigenvalue weighted by Gasteiger charge is 2.16. The first-order valence-electron chi connectivity index (χ1n) is 7.05. The largest absolute Gasteiger partial charge is 0.497 e. The SMILES string of the molecule is COc1ccc(CC(=O)N(CCC(=O)O)CC(C)C)cc1. The first-order valence-corrected chi connectivity index (χ1v) is 7.05. The molecule has 0 aliphatic rings. The topological polar surface area (TPSA) is 66.8 Å². The van der Waals surface area contributed by atoms with Gasteiger partial charge in [-0.25, -0.2) is 0 Å². The number of aliphatic carboxylic acids is 1. The Bertz CT molecular complexity index is 468. The highest BCUT2D eigenvalue weighted by atomic mass is 16.5. The number of ether oxygens (including phenoxy) is 1. The van der Waals surface area contributed by atoms with E-state index < -0.39 is 5.97 Å². The molecule has 0 atom stereocenters. The fraction of sp³-hybridized carbons (Fsp3) is 0.500. The van der Waals surface area contributed by atoms with Crippen molar-refractivity contribution >= 4 is 11.9 Å². The molecule has 0 radical (unpaired) electrons. The van der Waals surface area contributed by atoms with Crippen LogP contribution in [0.5, 0.6) is 5.75 Å². The van der Waals surface area contributed by atoms with Crippen LogP contribution in [0.3, 0.4) is 0 Å². The lowest BCUT2D eigenvalue weighted by Crippen LogP contribution is -2.36. The van der Waals surface area contributed by atoms with Crippen LogP contribution in [0.25, 0.3) is 0 Å². The lowest BCUT2D eigenvalue weighted by Gasteiger charge is -2.24. The molecule has 0 heterocycles. The Hall–Kier alpha value is -2.04. The summed E-state index contributed by atoms with van der Waals surface area (Å²) in [5.74, 6) is 0.117. The second kappa shape index (κ2) is 8.29. The molecule has 0 fully saturated rings. The minimum atomic E-state index is -0.888. The number of rotatable bonds is 8. The first-order chi connectivity index (χ1) is 9.92. The van der Waals surface area contributed by atoms with Gasteiger partial charge in [-0.15, -0.1) is 0 Å². The standard InChI is InChI=1S/C16H23NO4/c1-12(2)11-17(9-8-16(19)20)15(18)10-13-4-6-14(21-3)7-5-13/h4-7,12H,8-11H2,1-3H3,(H,19,20). The van der Waals surface area contributed by atoms with Crippen molar-refractivity contribution in [2.75, 3.05) is 20.2 Å². The van der Waals surface area contributed by atoms with Crippen LogP contribution in [0.2, 0.25) is 0 Å². The van der Waals surface area contributed by atoms with E-state index in [1.807, 2.05) is 38.1 Å². The molecule has 0 aliphatic carbocycles. The molecule has 1 rings (SSSR count). The molecule has 1 aromatic rings. The minimum absolute atomic E-state index is 0.0267. The first kappa shape index (κ1) is 17.0. The van der Waals surface area contributed by atoms with Gasteiger partial charge < -0.3 is 14.7 Å². The molecule has 5 nitrogen and oxygen atoms in total. The quantitative estimate of drug-likeness (QED) is 0.798. The number of carboxylic acid groups (broad SMARTS) is 1. The van der Waals surface area contributed by atoms with Crippen molar-refractivity contribution in [2.24, 2.45) is 5.92 Å². The summed E-state index contributed by atoms with van der Waals surface area (Å²) in [5, 5.41) is 8.77. The number of hydrogen-bond donors (Lipinski definition) is 1. The van der Waals surface area contributed by atoms with E-state index in [4.69, 9.17) is 9.84 Å². The van der Waals surface area contributed by atoms with Gasteiger partial charge in [0.25, 0.3) is 0 Å². The lowest BCUT2D eigenvalue weighted by atomic mass is 10.1. The Kier molecular flexibility index (Phi) is 6.72. The van der Waals surface area contributed by atoms with Crippen LogP contribution in [0, 0.1) is 5.92 Å². The summed E-state index contributed by atoms with van der Waals surface area (Å²) >= 11 is 0. The molecule has 1 aromatic carbocycles. The van der Waals surface area contributed by atoms with Crippen molar-refractivity contribution in [2.45, 2.75) is 26.7 Å². The maximum Gasteiger partial charge on any atom is 0.305 e. The lowest BCUT2D eigenvalue weighted by molar-refractivity contribution is -0.138. The van der Waals surface area contributed by atoms with Gasteiger partial charge >= 0.3 is 5.97 Å². The zero-order chi connectivity index (χ0) is 15.8. The summed E-state index contributed by atoms with van der Waals surface area (Å²) < 4.78 is 5.08. The summed E-state index contributed by atoms with van der Waals surface area (Å²) in [4.78, 5) is 24.6. The Balaban J connectivity index is 2.67. The Labute approximate surface area is 125 Å². The van der Waals surface area contributed by atoms with Crippen LogP contribution in [-0.4, -0.2) is 42.1 Å². The fourth-order valence-corrected chi connectivity index (χ4v) is 2.02. The van der Waals surface area contributed by atoms with Crippen molar-refractivity contribution in [3.05, 3.63) is 29.8 Å². The monoisotopic (exact) mass is 293 g/mol. The minimum Gasteiger partial charge on any atom is -0.497 e. The molecular weight excluding hydrogens is 270 g/mol. The van der Waals surface area contributed by atoms with E-state index in [1.54, 1.807) is 12.0 Å². The van der Waals surface area contributed by atoms with Crippen LogP contribution in [0.4, 0.5) is 0 Å². The average Bonchev–Trinajstić information content (AvgIpc) is 2.43. The van der Waals surface area contributed by atoms with Crippen LogP contribution < -0.4 is 4.74 Å². The predicted molar refractivity (Wildman–Crippen MR) is 80.4 cm³/mol. The molecule has 0 saturated carbocycles. The summed E-state index contributed by atoms with van der Waals surface area (Å²) in [6.45, 7) is 4.84. The predicted octanol–water partition coefficient (Wildman–Crippen LogP) is 2.20. The molecule has 0 aromatic heterocycles. The normalized spacial score (nSPS) is 10.5. The van der Waals surface area contributed by atoms with Gasteiger partial charge in [-0.2, -0.15) is 0 Å². The number of nitrogens with zero attached hydrogens (tertiary/aromatic N) is 1. The van der Waals surface area contributed by atoms with Gasteiger partial charge in [-0.1, -0.05) is 26.0 Å². The zero-order valence-electron chi connectivity index (χ0n) is 12.8. The number of amides is 1. The second-order valence-electron chi connectivity index (χ2n) is 5.40. The molecule has 0 spiro atoms. The molecule has 5 heteroatoms. The molecule has 21 heavy (non-hydrogen) atoms. The van der Waals surface area contributed by atoms with Crippen LogP contribution in [0.1, 0.15) is 25.8 Å². The number of carboxylic acids is 1. The summed E-state index contributed by atoms with van der Waals surface area (Å²) in [5.41, 5.74) is 0.893. The third-order valence-corrected chi connectivity index (χ3v) is 3.05. The summed E-state index contributed by atoms with van der Waals surface area (Å²) in [6.07, 6.45) is 0.247. The number of carbonyl (C=O) groups is 2. The molecule has 116 valence electrons. The van der Waals surface area contributed by atoms with Crippen molar-refractivity contribution in [3.63, 3.8) is 0 Å². The van der Waals surface area contributed by atoms with Crippen LogP contribution >= 0.6 is 0 Å². The van der Waals surface area contributed by atoms with Gasteiger partial charge in [-0.05, 0) is 23.6 Å². The highest BCUT2D eigenvalue weighted by Crippen LogP contribution is 2.13. The van der Waals surface area contributed by atoms with Gasteiger partial charge in [0.05, 0.1) is 20.0 Å². The van der Waals surface area contributed by atoms with Gasteiger partial charge in [0.15, 0.2) is 0 Å². The number of hydrogen-bond acceptors (Lipinski definition) is 3. The van der Waals surface area contributed by atoms with E-state index in [9.17, 15) is 9.59 Å². The third-order valence-electron chi connectivity index (χ3n) is 3.05. The van der Waals surface area contributed by atoms with Crippen LogP contribution in [-0.2, 0) is 16.0 Å². The molecule has 0 saturated heterocycles. The molecule has 1 amide bonds. The van der Waals surface area contributed by atoms with Crippen molar-refractivity contribution in [1.82, 2.24) is 4.90 Å². The molecular formula is C16H23NO4. The van der Waals surface area contributed by atoms with E-state index in [0.717, 1.165) is 11.3 Å². The van der Waals surface area contributed by atoms with E-state index in [-0.39, 0.29) is 25.3 Å². The van der Waals surface area contributed by atoms with E-state index in [1.165, 1.54) is 0 Å². The van der Waals surface area contributed by atoms with Gasteiger partial charge in [0.1, 0.15) is 5.75 Å². The van der Waals surface area contributed by atoms with Gasteiger partial charge in [-0.3, -0.25) is 9.59 Å². The number of carbonyl (C=O) groups excluding carboxylic acids is 1. The van der Waals surface area contributed by atoms with E-state index in [0.29, 0.717) is 12.5 Å². The zero-order valence-corrected chi connectivity index (χ0v) is 12.8. The molecule has 0 unspecified atom stereocenters. The van der Waals surface area contributed by atoms with Crippen molar-refractivity contribution in [3.8, 4) is 5.75 Å². The Morgan fingerprint density at radius 2 is 1.86 bits per heavy atom. The Morgan fingerprint density at radius 3 is 2.33 bits per heavy atom. The maximum atomic E-state index is 12.3. The summed E-state index contributed by atoms with van der Waals surface area (Å²) in [7, 11) is 1.59. The van der Waals surface area contributed by atoms with Crippen LogP contribution in [0.15, 0.2) is 24.3 Å². The molecule has 0 aliphatic heterocycles. The number of benzene rings is 1. The maximum absolute atomic E-state index is 12.3. The average molecular weight is 293 g/mol. The van der Waals surface area contributed by atoms with Crippen molar-refractivity contribution in [1.29, 1.82) is 0 Å². The van der Waals surface area contributed by atoms with Crippen molar-refractivity contribution < 1.29 is 19.4 Å². The smallest absolute Gasteiger partial charge is 0.305 e. The van der Waals surface area contributed by atoms with Gasteiger partial charge in [0, 0.05) is 13.1 Å². The fourth-order valence-electron chi connectivity index (χ4n) is 2.02. The highest BCUT2D eigenvalue weighted by molar-refractivity contribution is 5.79. The van der Waals surface area contributed by atoms with E-state index >= 15 is 0 Å². The molecule has 0 bridgehead atoms. The van der Waals surface area contributed by atoms with E-state index in [2.05, 4.69) is 0 Å². The Morgan fingerprint density at radius 1 is 1.24 bits per heavy atom. The second-order valence-corrected chi connectivity index (χ2v) is 5.40. The summed E-state index contributed by atoms with van der Waals surface area (Å²) in [6, 6.07) is 7.32.